The topological polar surface area (TPSA) is 50.9 Å². The largest absolute Gasteiger partial charge is 0.356 e. The van der Waals surface area contributed by atoms with E-state index in [2.05, 4.69) is 243 Å². The molecule has 0 unspecified atom stereocenters. The van der Waals surface area contributed by atoms with Crippen LogP contribution in [0, 0.1) is 0 Å². The van der Waals surface area contributed by atoms with Crippen LogP contribution in [0.15, 0.2) is 406 Å². The van der Waals surface area contributed by atoms with Gasteiger partial charge in [-0.3, -0.25) is 0 Å². The van der Waals surface area contributed by atoms with Crippen LogP contribution in [0.2, 0.25) is 0 Å². The Morgan fingerprint density at radius 3 is 1.05 bits per heavy atom. The van der Waals surface area contributed by atoms with E-state index < -0.39 is 6.04 Å². The highest BCUT2D eigenvalue weighted by Crippen LogP contribution is 2.39. The third-order valence-electron chi connectivity index (χ3n) is 18.5. The van der Waals surface area contributed by atoms with Crippen molar-refractivity contribution in [3.63, 3.8) is 0 Å². The number of nitrogens with one attached hydrogen (secondary N) is 3. The Morgan fingerprint density at radius 2 is 0.500 bits per heavy atom. The minimum Gasteiger partial charge on any atom is -0.356 e. The molecule has 0 spiro atoms. The highest BCUT2D eigenvalue weighted by atomic mass is 15.0. The van der Waals surface area contributed by atoms with Crippen LogP contribution < -0.4 is 16.0 Å². The fourth-order valence-corrected chi connectivity index (χ4v) is 13.7. The van der Waals surface area contributed by atoms with E-state index in [1.807, 2.05) is 115 Å². The van der Waals surface area contributed by atoms with Crippen molar-refractivity contribution in [3.8, 4) is 61.6 Å². The third-order valence-corrected chi connectivity index (χ3v) is 18.5. The number of hydrogen-bond donors (Lipinski definition) is 3. The fourth-order valence-electron chi connectivity index (χ4n) is 13.7. The highest BCUT2D eigenvalue weighted by molar-refractivity contribution is 6.12. The minimum absolute atomic E-state index is 0.140. The Labute approximate surface area is 607 Å². The van der Waals surface area contributed by atoms with Gasteiger partial charge in [0.05, 0.1) is 46.8 Å². The van der Waals surface area contributed by atoms with Crippen molar-refractivity contribution in [2.24, 2.45) is 0 Å². The van der Waals surface area contributed by atoms with Crippen molar-refractivity contribution in [1.82, 2.24) is 13.7 Å². The number of para-hydroxylation sites is 6. The molecule has 0 aliphatic rings. The van der Waals surface area contributed by atoms with Crippen LogP contribution in [-0.2, 0) is 0 Å². The summed E-state index contributed by atoms with van der Waals surface area (Å²) in [4.78, 5) is 0. The van der Waals surface area contributed by atoms with Crippen molar-refractivity contribution < 1.29 is 13.7 Å². The Bertz CT molecular complexity index is 6710. The van der Waals surface area contributed by atoms with E-state index in [9.17, 15) is 0 Å². The molecule has 0 atom stereocenters. The van der Waals surface area contributed by atoms with Crippen LogP contribution >= 0.6 is 0 Å². The summed E-state index contributed by atoms with van der Waals surface area (Å²) >= 11 is 0. The minimum atomic E-state index is -0.402. The van der Waals surface area contributed by atoms with Crippen molar-refractivity contribution in [3.05, 3.63) is 406 Å². The van der Waals surface area contributed by atoms with Gasteiger partial charge in [0.25, 0.3) is 0 Å². The predicted octanol–water partition coefficient (Wildman–Crippen LogP) is 26.2. The molecule has 3 N–H and O–H groups in total. The quantitative estimate of drug-likeness (QED) is 0.108. The molecule has 484 valence electrons. The van der Waals surface area contributed by atoms with Crippen LogP contribution in [0.4, 0.5) is 34.1 Å². The molecule has 0 amide bonds. The molecule has 0 aliphatic heterocycles. The summed E-state index contributed by atoms with van der Waals surface area (Å²) in [6.45, 7) is 0. The zero-order valence-electron chi connectivity index (χ0n) is 65.3. The molecule has 0 fully saturated rings. The van der Waals surface area contributed by atoms with Crippen molar-refractivity contribution in [2.75, 3.05) is 16.0 Å². The van der Waals surface area contributed by atoms with Gasteiger partial charge in [0.1, 0.15) is 0 Å². The average molecular weight is 1320 g/mol. The predicted molar refractivity (Wildman–Crippen MR) is 433 cm³/mol. The molecule has 0 bridgehead atoms. The molecule has 0 saturated heterocycles. The zero-order chi connectivity index (χ0) is 76.7. The lowest BCUT2D eigenvalue weighted by atomic mass is 10.0. The number of benzene rings is 16. The third kappa shape index (κ3) is 12.7. The monoisotopic (exact) mass is 1320 g/mol. The lowest BCUT2D eigenvalue weighted by Crippen LogP contribution is -1.94. The van der Waals surface area contributed by atoms with Crippen molar-refractivity contribution in [2.45, 2.75) is 0 Å². The average Bonchev–Trinajstić information content (AvgIpc) is 1.59. The molecule has 6 nitrogen and oxygen atoms in total. The molecule has 3 heterocycles. The van der Waals surface area contributed by atoms with Gasteiger partial charge in [-0.25, -0.2) is 0 Å². The Morgan fingerprint density at radius 1 is 0.176 bits per heavy atom. The summed E-state index contributed by atoms with van der Waals surface area (Å²) in [6.07, 6.45) is 0. The van der Waals surface area contributed by atoms with E-state index in [1.165, 1.54) is 55.1 Å². The van der Waals surface area contributed by atoms with E-state index in [4.69, 9.17) is 13.7 Å². The maximum Gasteiger partial charge on any atom is 0.0645 e. The molecule has 6 heteroatoms. The highest BCUT2D eigenvalue weighted by Gasteiger charge is 2.17. The van der Waals surface area contributed by atoms with Crippen LogP contribution in [0.5, 0.6) is 0 Å². The Balaban J connectivity index is 0.000000122. The van der Waals surface area contributed by atoms with Gasteiger partial charge in [0.2, 0.25) is 0 Å². The second-order valence-electron chi connectivity index (χ2n) is 24.8. The first-order valence-electron chi connectivity index (χ1n) is 38.9. The number of fused-ring (bicyclic) bond motifs is 9. The number of anilines is 6. The molecular weight excluding hydrogens is 1240 g/mol. The molecular formula is C96H70N6. The van der Waals surface area contributed by atoms with Crippen LogP contribution in [0.1, 0.15) is 13.7 Å². The van der Waals surface area contributed by atoms with Gasteiger partial charge in [-0.1, -0.05) is 267 Å². The van der Waals surface area contributed by atoms with Gasteiger partial charge in [0, 0.05) is 83.5 Å². The second-order valence-corrected chi connectivity index (χ2v) is 24.8. The summed E-state index contributed by atoms with van der Waals surface area (Å²) < 4.78 is 88.1. The summed E-state index contributed by atoms with van der Waals surface area (Å²) in [5.74, 6) is 0. The summed E-state index contributed by atoms with van der Waals surface area (Å²) in [7, 11) is 0. The maximum atomic E-state index is 8.58. The number of nitrogens with zero attached hydrogens (tertiary/aromatic N) is 3. The van der Waals surface area contributed by atoms with Gasteiger partial charge in [-0.05, 0) is 184 Å². The van der Waals surface area contributed by atoms with Crippen LogP contribution in [0.3, 0.4) is 0 Å². The molecule has 19 aromatic rings. The van der Waals surface area contributed by atoms with E-state index >= 15 is 0 Å². The van der Waals surface area contributed by atoms with E-state index in [0.29, 0.717) is 5.56 Å². The van der Waals surface area contributed by atoms with Gasteiger partial charge >= 0.3 is 0 Å². The molecule has 0 aliphatic carbocycles. The molecule has 102 heavy (non-hydrogen) atoms. The summed E-state index contributed by atoms with van der Waals surface area (Å²) in [6, 6.07) is 115. The standard InChI is InChI=1S/C36H26N2.2C30H22N2/c1-3-11-26(12-4-1)27-13-9-15-30(23-27)37-31-16-10-14-28(24-31)29-21-22-34-33-19-7-8-20-35(33)38(36(34)25-29)32-17-5-2-6-18-32;1-3-9-22(10-4-1)23-15-17-24(18-16-23)31-25-19-20-30-28(21-25)27-13-7-8-14-29(27)32(30)26-11-5-2-6-12-26;1-3-9-22(10-4-1)23-15-17-24(18-16-23)31-25-19-20-28-27-13-7-8-14-29(27)32(30(28)21-25)26-11-5-2-6-12-26/h1-25,37H;2*1-21,31H/i;1D,3D,4D,9D,10D;2D,5D,6D,11D,12D. The SMILES string of the molecule is [2H]c1c([2H])c([2H])c(-c2ccc(Nc3ccc4c(c3)c3ccccc3n4-c3ccccc3)cc2)c([2H])c1[2H].[2H]c1c([2H])c([2H])c(-n2c3ccccc3c3ccc(Nc4ccc(-c5ccccc5)cc4)cc32)c([2H])c1[2H].c1ccc(-c2cccc(Nc3cccc(-c4ccc5c6ccccc6n(-c6ccccc6)c5c4)c3)c2)cc1. The van der Waals surface area contributed by atoms with Crippen molar-refractivity contribution >= 4 is 99.5 Å². The summed E-state index contributed by atoms with van der Waals surface area (Å²) in [5, 5.41) is 17.2. The number of aromatic nitrogens is 3. The molecule has 3 aromatic heterocycles. The molecule has 0 saturated carbocycles. The van der Waals surface area contributed by atoms with Crippen LogP contribution in [0.25, 0.3) is 127 Å². The summed E-state index contributed by atoms with van der Waals surface area (Å²) in [5.41, 5.74) is 22.1. The number of rotatable bonds is 13. The van der Waals surface area contributed by atoms with Gasteiger partial charge in [0.15, 0.2) is 0 Å². The Kier molecular flexibility index (Phi) is 14.2. The first-order chi connectivity index (χ1) is 54.7. The maximum absolute atomic E-state index is 8.58. The fraction of sp³-hybridized carbons (Fsp3) is 0. The molecule has 19 rings (SSSR count). The molecule has 16 aromatic carbocycles. The van der Waals surface area contributed by atoms with Crippen LogP contribution in [-0.4, -0.2) is 13.7 Å². The van der Waals surface area contributed by atoms with E-state index in [0.717, 1.165) is 89.2 Å². The first-order valence-corrected chi connectivity index (χ1v) is 33.9. The lowest BCUT2D eigenvalue weighted by Gasteiger charge is -2.11. The lowest BCUT2D eigenvalue weighted by molar-refractivity contribution is 1.18. The Hall–Kier alpha value is -13.7. The smallest absolute Gasteiger partial charge is 0.0645 e. The number of hydrogen-bond acceptors (Lipinski definition) is 3. The van der Waals surface area contributed by atoms with Gasteiger partial charge in [-0.2, -0.15) is 0 Å². The van der Waals surface area contributed by atoms with Gasteiger partial charge < -0.3 is 29.7 Å². The van der Waals surface area contributed by atoms with E-state index in [-0.39, 0.29) is 65.6 Å². The van der Waals surface area contributed by atoms with Gasteiger partial charge in [-0.15, -0.1) is 0 Å². The second kappa shape index (κ2) is 28.0. The molecule has 0 radical (unpaired) electrons. The normalized spacial score (nSPS) is 12.5. The van der Waals surface area contributed by atoms with E-state index in [1.54, 1.807) is 16.7 Å². The van der Waals surface area contributed by atoms with Crippen molar-refractivity contribution in [1.29, 1.82) is 0 Å². The first kappa shape index (κ1) is 51.5. The zero-order valence-corrected chi connectivity index (χ0v) is 55.3.